The van der Waals surface area contributed by atoms with Gasteiger partial charge >= 0.3 is 5.97 Å². The topological polar surface area (TPSA) is 104 Å². The normalized spacial score (nSPS) is 22.1. The van der Waals surface area contributed by atoms with Gasteiger partial charge in [0.25, 0.3) is 5.69 Å². The number of carboxylic acid groups (broad SMARTS) is 1. The van der Waals surface area contributed by atoms with Gasteiger partial charge in [0.15, 0.2) is 0 Å². The molecular formula is C12H13FN2O5. The zero-order valence-corrected chi connectivity index (χ0v) is 10.6. The number of aliphatic hydroxyl groups excluding tert-OH is 1. The Morgan fingerprint density at radius 2 is 2.20 bits per heavy atom. The van der Waals surface area contributed by atoms with Crippen molar-refractivity contribution in [2.45, 2.75) is 25.5 Å². The molecule has 0 saturated carbocycles. The first-order valence-corrected chi connectivity index (χ1v) is 5.93. The zero-order valence-electron chi connectivity index (χ0n) is 10.6. The average Bonchev–Trinajstić information content (AvgIpc) is 2.74. The maximum atomic E-state index is 13.5. The third kappa shape index (κ3) is 2.42. The van der Waals surface area contributed by atoms with Crippen molar-refractivity contribution in [3.8, 4) is 0 Å². The van der Waals surface area contributed by atoms with Gasteiger partial charge < -0.3 is 15.1 Å². The number of hydrogen-bond acceptors (Lipinski definition) is 5. The zero-order chi connectivity index (χ0) is 15.0. The van der Waals surface area contributed by atoms with Gasteiger partial charge in [0.05, 0.1) is 17.1 Å². The lowest BCUT2D eigenvalue weighted by Crippen LogP contribution is -2.36. The first-order chi connectivity index (χ1) is 9.31. The summed E-state index contributed by atoms with van der Waals surface area (Å²) in [6, 6.07) is 0.948. The number of halogens is 1. The third-order valence-corrected chi connectivity index (χ3v) is 3.33. The lowest BCUT2D eigenvalue weighted by Gasteiger charge is -2.23. The molecule has 0 aliphatic carbocycles. The van der Waals surface area contributed by atoms with Crippen LogP contribution in [-0.2, 0) is 4.79 Å². The molecule has 0 spiro atoms. The number of anilines is 1. The predicted octanol–water partition coefficient (Wildman–Crippen LogP) is 1.07. The number of aliphatic carboxylic acids is 1. The Balaban J connectivity index is 2.53. The minimum Gasteiger partial charge on any atom is -0.480 e. The highest BCUT2D eigenvalue weighted by atomic mass is 19.1. The largest absolute Gasteiger partial charge is 0.480 e. The number of nitrogens with zero attached hydrogens (tertiary/aromatic N) is 2. The van der Waals surface area contributed by atoms with Gasteiger partial charge in [-0.15, -0.1) is 0 Å². The maximum absolute atomic E-state index is 13.5. The van der Waals surface area contributed by atoms with E-state index in [0.29, 0.717) is 0 Å². The van der Waals surface area contributed by atoms with E-state index in [1.54, 1.807) is 0 Å². The second-order valence-corrected chi connectivity index (χ2v) is 4.74. The highest BCUT2D eigenvalue weighted by Gasteiger charge is 2.39. The van der Waals surface area contributed by atoms with Gasteiger partial charge in [-0.1, -0.05) is 0 Å². The number of aryl methyl sites for hydroxylation is 1. The molecule has 8 heteroatoms. The molecule has 2 N–H and O–H groups in total. The molecule has 0 aromatic heterocycles. The van der Waals surface area contributed by atoms with E-state index >= 15 is 0 Å². The van der Waals surface area contributed by atoms with Crippen LogP contribution in [0.2, 0.25) is 0 Å². The Morgan fingerprint density at radius 3 is 2.75 bits per heavy atom. The number of carbonyl (C=O) groups is 1. The molecule has 0 bridgehead atoms. The second-order valence-electron chi connectivity index (χ2n) is 4.74. The molecule has 1 heterocycles. The van der Waals surface area contributed by atoms with E-state index in [9.17, 15) is 24.4 Å². The third-order valence-electron chi connectivity index (χ3n) is 3.33. The minimum atomic E-state index is -1.18. The Kier molecular flexibility index (Phi) is 3.58. The van der Waals surface area contributed by atoms with Crippen LogP contribution in [0.3, 0.4) is 0 Å². The highest BCUT2D eigenvalue weighted by Crippen LogP contribution is 2.35. The van der Waals surface area contributed by atoms with Crippen molar-refractivity contribution in [2.75, 3.05) is 11.4 Å². The number of rotatable bonds is 3. The summed E-state index contributed by atoms with van der Waals surface area (Å²) in [6.07, 6.45) is -0.913. The molecule has 2 unspecified atom stereocenters. The van der Waals surface area contributed by atoms with E-state index in [-0.39, 0.29) is 24.2 Å². The van der Waals surface area contributed by atoms with Crippen molar-refractivity contribution in [2.24, 2.45) is 0 Å². The summed E-state index contributed by atoms with van der Waals surface area (Å²) in [4.78, 5) is 22.6. The molecule has 0 amide bonds. The molecule has 7 nitrogen and oxygen atoms in total. The fourth-order valence-electron chi connectivity index (χ4n) is 2.35. The van der Waals surface area contributed by atoms with Crippen molar-refractivity contribution in [3.05, 3.63) is 33.6 Å². The summed E-state index contributed by atoms with van der Waals surface area (Å²) in [5.41, 5.74) is -0.317. The van der Waals surface area contributed by atoms with Crippen LogP contribution in [0.1, 0.15) is 12.0 Å². The number of nitro groups is 1. The quantitative estimate of drug-likeness (QED) is 0.635. The summed E-state index contributed by atoms with van der Waals surface area (Å²) in [7, 11) is 0. The minimum absolute atomic E-state index is 0.0119. The van der Waals surface area contributed by atoms with Gasteiger partial charge in [0.1, 0.15) is 17.5 Å². The van der Waals surface area contributed by atoms with Gasteiger partial charge in [0.2, 0.25) is 0 Å². The number of aliphatic hydroxyl groups is 1. The fourth-order valence-corrected chi connectivity index (χ4v) is 2.35. The van der Waals surface area contributed by atoms with Crippen LogP contribution in [0, 0.1) is 22.9 Å². The van der Waals surface area contributed by atoms with E-state index in [1.165, 1.54) is 17.9 Å². The number of benzene rings is 1. The van der Waals surface area contributed by atoms with E-state index < -0.39 is 34.5 Å². The standard InChI is InChI=1S/C12H13FN2O5/c1-6-2-9(10(15(19)20)4-8(6)13)14-5-7(16)3-11(14)12(17)18/h2,4,7,11,16H,3,5H2,1H3,(H,17,18). The van der Waals surface area contributed by atoms with Crippen molar-refractivity contribution in [1.29, 1.82) is 0 Å². The molecule has 108 valence electrons. The summed E-state index contributed by atoms with van der Waals surface area (Å²) in [6.45, 7) is 1.40. The van der Waals surface area contributed by atoms with Crippen LogP contribution < -0.4 is 4.90 Å². The van der Waals surface area contributed by atoms with Crippen molar-refractivity contribution < 1.29 is 24.3 Å². The predicted molar refractivity (Wildman–Crippen MR) is 67.2 cm³/mol. The monoisotopic (exact) mass is 284 g/mol. The smallest absolute Gasteiger partial charge is 0.326 e. The second kappa shape index (κ2) is 5.04. The average molecular weight is 284 g/mol. The van der Waals surface area contributed by atoms with Crippen molar-refractivity contribution in [3.63, 3.8) is 0 Å². The molecule has 1 aliphatic heterocycles. The number of β-amino-alcohol motifs (C(OH)–C–C–N with tert-alkyl or cyclic N) is 1. The van der Waals surface area contributed by atoms with Gasteiger partial charge in [-0.05, 0) is 18.6 Å². The van der Waals surface area contributed by atoms with Crippen molar-refractivity contribution in [1.82, 2.24) is 0 Å². The first-order valence-electron chi connectivity index (χ1n) is 5.93. The lowest BCUT2D eigenvalue weighted by molar-refractivity contribution is -0.384. The molecule has 1 saturated heterocycles. The number of nitro benzene ring substituents is 1. The molecule has 1 aromatic rings. The molecule has 1 aromatic carbocycles. The number of hydrogen-bond donors (Lipinski definition) is 2. The van der Waals surface area contributed by atoms with E-state index in [4.69, 9.17) is 5.11 Å². The molecule has 1 aliphatic rings. The summed E-state index contributed by atoms with van der Waals surface area (Å²) < 4.78 is 13.5. The Hall–Kier alpha value is -2.22. The first kappa shape index (κ1) is 14.2. The lowest BCUT2D eigenvalue weighted by atomic mass is 10.1. The highest BCUT2D eigenvalue weighted by molar-refractivity contribution is 5.81. The molecular weight excluding hydrogens is 271 g/mol. The Bertz CT molecular complexity index is 577. The van der Waals surface area contributed by atoms with Gasteiger partial charge in [0, 0.05) is 13.0 Å². The Morgan fingerprint density at radius 1 is 1.55 bits per heavy atom. The Labute approximate surface area is 113 Å². The molecule has 0 radical (unpaired) electrons. The fraction of sp³-hybridized carbons (Fsp3) is 0.417. The van der Waals surface area contributed by atoms with Crippen LogP contribution in [0.4, 0.5) is 15.8 Å². The van der Waals surface area contributed by atoms with Crippen LogP contribution in [-0.4, -0.2) is 39.8 Å². The van der Waals surface area contributed by atoms with Gasteiger partial charge in [-0.25, -0.2) is 9.18 Å². The summed E-state index contributed by atoms with van der Waals surface area (Å²) >= 11 is 0. The van der Waals surface area contributed by atoms with Crippen molar-refractivity contribution >= 4 is 17.3 Å². The number of carboxylic acids is 1. The van der Waals surface area contributed by atoms with Gasteiger partial charge in [-0.3, -0.25) is 10.1 Å². The maximum Gasteiger partial charge on any atom is 0.326 e. The van der Waals surface area contributed by atoms with Gasteiger partial charge in [-0.2, -0.15) is 0 Å². The SMILES string of the molecule is Cc1cc(N2CC(O)CC2C(=O)O)c([N+](=O)[O-])cc1F. The van der Waals surface area contributed by atoms with E-state index in [2.05, 4.69) is 0 Å². The molecule has 2 rings (SSSR count). The van der Waals surface area contributed by atoms with Crippen LogP contribution in [0.15, 0.2) is 12.1 Å². The van der Waals surface area contributed by atoms with Crippen LogP contribution in [0.5, 0.6) is 0 Å². The summed E-state index contributed by atoms with van der Waals surface area (Å²) in [5, 5.41) is 29.7. The van der Waals surface area contributed by atoms with Crippen LogP contribution in [0.25, 0.3) is 0 Å². The van der Waals surface area contributed by atoms with Crippen LogP contribution >= 0.6 is 0 Å². The molecule has 2 atom stereocenters. The summed E-state index contributed by atoms with van der Waals surface area (Å²) in [5.74, 6) is -1.91. The molecule has 20 heavy (non-hydrogen) atoms. The van der Waals surface area contributed by atoms with E-state index in [0.717, 1.165) is 6.07 Å². The van der Waals surface area contributed by atoms with E-state index in [1.807, 2.05) is 0 Å². The molecule has 1 fully saturated rings.